The number of hydrogen-bond acceptors (Lipinski definition) is 4. The molecule has 1 aromatic carbocycles. The van der Waals surface area contributed by atoms with Crippen LogP contribution >= 0.6 is 0 Å². The molecule has 112 valence electrons. The van der Waals surface area contributed by atoms with E-state index in [-0.39, 0.29) is 0 Å². The lowest BCUT2D eigenvalue weighted by atomic mass is 10.2. The van der Waals surface area contributed by atoms with Crippen molar-refractivity contribution in [3.8, 4) is 17.1 Å². The van der Waals surface area contributed by atoms with Crippen molar-refractivity contribution in [2.75, 3.05) is 19.0 Å². The fourth-order valence-electron chi connectivity index (χ4n) is 2.51. The highest BCUT2D eigenvalue weighted by atomic mass is 16.5. The topological polar surface area (TPSA) is 62.8 Å². The number of rotatable bonds is 5. The highest BCUT2D eigenvalue weighted by Gasteiger charge is 2.21. The van der Waals surface area contributed by atoms with Crippen LogP contribution in [0.2, 0.25) is 0 Å². The Kier molecular flexibility index (Phi) is 3.18. The minimum absolute atomic E-state index is 0.803. The largest absolute Gasteiger partial charge is 0.497 e. The molecule has 1 fully saturated rings. The van der Waals surface area contributed by atoms with E-state index in [1.54, 1.807) is 7.11 Å². The second-order valence-corrected chi connectivity index (χ2v) is 5.69. The van der Waals surface area contributed by atoms with Crippen molar-refractivity contribution >= 4 is 16.9 Å². The van der Waals surface area contributed by atoms with Crippen molar-refractivity contribution in [1.82, 2.24) is 15.0 Å². The molecule has 22 heavy (non-hydrogen) atoms. The molecular formula is C17H18N4O. The number of aromatic nitrogens is 3. The molecule has 2 heterocycles. The van der Waals surface area contributed by atoms with Gasteiger partial charge >= 0.3 is 0 Å². The molecule has 1 aliphatic carbocycles. The van der Waals surface area contributed by atoms with E-state index >= 15 is 0 Å². The lowest BCUT2D eigenvalue weighted by Crippen LogP contribution is -2.05. The summed E-state index contributed by atoms with van der Waals surface area (Å²) in [6, 6.07) is 9.83. The summed E-state index contributed by atoms with van der Waals surface area (Å²) >= 11 is 0. The van der Waals surface area contributed by atoms with Gasteiger partial charge in [0.1, 0.15) is 17.1 Å². The summed E-state index contributed by atoms with van der Waals surface area (Å²) in [5.74, 6) is 3.35. The monoisotopic (exact) mass is 294 g/mol. The van der Waals surface area contributed by atoms with Crippen molar-refractivity contribution in [3.05, 3.63) is 36.5 Å². The molecule has 0 bridgehead atoms. The van der Waals surface area contributed by atoms with Gasteiger partial charge in [0.05, 0.1) is 12.6 Å². The van der Waals surface area contributed by atoms with Gasteiger partial charge in [-0.3, -0.25) is 0 Å². The molecule has 0 radical (unpaired) electrons. The molecule has 5 heteroatoms. The van der Waals surface area contributed by atoms with Crippen LogP contribution < -0.4 is 10.1 Å². The molecule has 0 aliphatic heterocycles. The molecule has 0 atom stereocenters. The van der Waals surface area contributed by atoms with Crippen LogP contribution in [0.1, 0.15) is 12.8 Å². The summed E-state index contributed by atoms with van der Waals surface area (Å²) in [6.07, 6.45) is 4.45. The Hall–Kier alpha value is -2.56. The first-order chi connectivity index (χ1) is 10.8. The van der Waals surface area contributed by atoms with Crippen LogP contribution in [0.5, 0.6) is 5.75 Å². The van der Waals surface area contributed by atoms with Crippen molar-refractivity contribution in [1.29, 1.82) is 0 Å². The highest BCUT2D eigenvalue weighted by molar-refractivity contribution is 5.88. The molecule has 4 rings (SSSR count). The molecule has 3 aromatic rings. The normalized spacial score (nSPS) is 14.2. The summed E-state index contributed by atoms with van der Waals surface area (Å²) < 4.78 is 5.19. The van der Waals surface area contributed by atoms with Crippen LogP contribution in [0.4, 0.5) is 5.82 Å². The SMILES string of the molecule is COc1ccc(-c2nc3c(NCC4CC4)nccc3[nH]2)cc1. The van der Waals surface area contributed by atoms with Crippen LogP contribution in [0, 0.1) is 5.92 Å². The van der Waals surface area contributed by atoms with Gasteiger partial charge in [0.2, 0.25) is 0 Å². The Labute approximate surface area is 128 Å². The summed E-state index contributed by atoms with van der Waals surface area (Å²) in [7, 11) is 1.67. The number of nitrogens with zero attached hydrogens (tertiary/aromatic N) is 2. The van der Waals surface area contributed by atoms with Gasteiger partial charge in [-0.05, 0) is 49.1 Å². The average molecular weight is 294 g/mol. The Balaban J connectivity index is 1.67. The average Bonchev–Trinajstić information content (AvgIpc) is 3.29. The lowest BCUT2D eigenvalue weighted by Gasteiger charge is -2.03. The quantitative estimate of drug-likeness (QED) is 0.756. The number of hydrogen-bond donors (Lipinski definition) is 2. The maximum absolute atomic E-state index is 5.19. The van der Waals surface area contributed by atoms with Crippen molar-refractivity contribution in [3.63, 3.8) is 0 Å². The summed E-state index contributed by atoms with van der Waals surface area (Å²) in [4.78, 5) is 12.5. The summed E-state index contributed by atoms with van der Waals surface area (Å²) in [6.45, 7) is 0.983. The number of ether oxygens (including phenoxy) is 1. The summed E-state index contributed by atoms with van der Waals surface area (Å²) in [5.41, 5.74) is 2.93. The Morgan fingerprint density at radius 1 is 1.23 bits per heavy atom. The Morgan fingerprint density at radius 3 is 2.77 bits per heavy atom. The molecule has 0 unspecified atom stereocenters. The molecule has 2 N–H and O–H groups in total. The number of nitrogens with one attached hydrogen (secondary N) is 2. The zero-order valence-corrected chi connectivity index (χ0v) is 12.5. The molecule has 0 saturated heterocycles. The number of fused-ring (bicyclic) bond motifs is 1. The number of pyridine rings is 1. The highest BCUT2D eigenvalue weighted by Crippen LogP contribution is 2.30. The Morgan fingerprint density at radius 2 is 2.05 bits per heavy atom. The van der Waals surface area contributed by atoms with Gasteiger partial charge in [-0.25, -0.2) is 9.97 Å². The number of H-pyrrole nitrogens is 1. The first kappa shape index (κ1) is 13.1. The van der Waals surface area contributed by atoms with Crippen LogP contribution in [0.15, 0.2) is 36.5 Å². The van der Waals surface area contributed by atoms with E-state index in [2.05, 4.69) is 15.3 Å². The zero-order chi connectivity index (χ0) is 14.9. The fraction of sp³-hybridized carbons (Fsp3) is 0.294. The molecule has 1 aliphatic rings. The van der Waals surface area contributed by atoms with Gasteiger partial charge in [-0.15, -0.1) is 0 Å². The zero-order valence-electron chi connectivity index (χ0n) is 12.5. The van der Waals surface area contributed by atoms with Crippen molar-refractivity contribution < 1.29 is 4.74 Å². The second-order valence-electron chi connectivity index (χ2n) is 5.69. The van der Waals surface area contributed by atoms with Crippen LogP contribution in [-0.2, 0) is 0 Å². The van der Waals surface area contributed by atoms with Crippen LogP contribution in [0.25, 0.3) is 22.4 Å². The molecule has 1 saturated carbocycles. The standard InChI is InChI=1S/C17H18N4O/c1-22-13-6-4-12(5-7-13)16-20-14-8-9-18-17(15(14)21-16)19-10-11-2-3-11/h4-9,11H,2-3,10H2,1H3,(H,18,19)(H,20,21). The number of imidazole rings is 1. The molecule has 0 amide bonds. The van der Waals surface area contributed by atoms with Gasteiger partial charge in [0.25, 0.3) is 0 Å². The first-order valence-corrected chi connectivity index (χ1v) is 7.56. The van der Waals surface area contributed by atoms with Gasteiger partial charge in [0.15, 0.2) is 5.82 Å². The van der Waals surface area contributed by atoms with E-state index in [1.165, 1.54) is 12.8 Å². The third kappa shape index (κ3) is 2.50. The van der Waals surface area contributed by atoms with Crippen LogP contribution in [0.3, 0.4) is 0 Å². The minimum Gasteiger partial charge on any atom is -0.497 e. The predicted molar refractivity (Wildman–Crippen MR) is 87.1 cm³/mol. The van der Waals surface area contributed by atoms with Gasteiger partial charge in [-0.1, -0.05) is 0 Å². The molecule has 5 nitrogen and oxygen atoms in total. The lowest BCUT2D eigenvalue weighted by molar-refractivity contribution is 0.415. The van der Waals surface area contributed by atoms with Crippen molar-refractivity contribution in [2.24, 2.45) is 5.92 Å². The van der Waals surface area contributed by atoms with Gasteiger partial charge in [0, 0.05) is 18.3 Å². The fourth-order valence-corrected chi connectivity index (χ4v) is 2.51. The predicted octanol–water partition coefficient (Wildman–Crippen LogP) is 3.46. The third-order valence-corrected chi connectivity index (χ3v) is 4.02. The maximum Gasteiger partial charge on any atom is 0.154 e. The van der Waals surface area contributed by atoms with E-state index in [0.29, 0.717) is 0 Å². The van der Waals surface area contributed by atoms with E-state index in [4.69, 9.17) is 9.72 Å². The van der Waals surface area contributed by atoms with E-state index in [0.717, 1.165) is 46.5 Å². The minimum atomic E-state index is 0.803. The smallest absolute Gasteiger partial charge is 0.154 e. The number of methoxy groups -OCH3 is 1. The second kappa shape index (κ2) is 5.33. The van der Waals surface area contributed by atoms with Crippen molar-refractivity contribution in [2.45, 2.75) is 12.8 Å². The molecule has 2 aromatic heterocycles. The number of benzene rings is 1. The third-order valence-electron chi connectivity index (χ3n) is 4.02. The van der Waals surface area contributed by atoms with Gasteiger partial charge in [-0.2, -0.15) is 0 Å². The van der Waals surface area contributed by atoms with E-state index in [1.807, 2.05) is 36.5 Å². The first-order valence-electron chi connectivity index (χ1n) is 7.56. The number of anilines is 1. The number of aromatic amines is 1. The van der Waals surface area contributed by atoms with E-state index in [9.17, 15) is 0 Å². The van der Waals surface area contributed by atoms with Crippen LogP contribution in [-0.4, -0.2) is 28.6 Å². The molecular weight excluding hydrogens is 276 g/mol. The van der Waals surface area contributed by atoms with Gasteiger partial charge < -0.3 is 15.0 Å². The maximum atomic E-state index is 5.19. The van der Waals surface area contributed by atoms with E-state index < -0.39 is 0 Å². The molecule has 0 spiro atoms. The summed E-state index contributed by atoms with van der Waals surface area (Å²) in [5, 5.41) is 3.42. The Bertz CT molecular complexity index is 790.